The Morgan fingerprint density at radius 1 is 1.36 bits per heavy atom. The standard InChI is InChI=1S/C10H17N/c1-9(2)5-4-6-10(3)7-8-11/h1,9-10H,4-7H2,2-3H3. The average Bonchev–Trinajstić information content (AvgIpc) is 1.87. The van der Waals surface area contributed by atoms with Gasteiger partial charge in [0.05, 0.1) is 6.07 Å². The summed E-state index contributed by atoms with van der Waals surface area (Å²) in [6.07, 6.45) is 4.05. The first-order chi connectivity index (χ1) is 5.16. The summed E-state index contributed by atoms with van der Waals surface area (Å²) < 4.78 is 0. The molecule has 0 aromatic carbocycles. The van der Waals surface area contributed by atoms with E-state index in [1.54, 1.807) is 0 Å². The van der Waals surface area contributed by atoms with Crippen molar-refractivity contribution in [3.05, 3.63) is 6.92 Å². The van der Waals surface area contributed by atoms with E-state index < -0.39 is 0 Å². The Morgan fingerprint density at radius 3 is 2.45 bits per heavy atom. The van der Waals surface area contributed by atoms with Gasteiger partial charge in [-0.05, 0) is 25.2 Å². The van der Waals surface area contributed by atoms with Crippen LogP contribution in [0, 0.1) is 30.1 Å². The van der Waals surface area contributed by atoms with E-state index in [1.807, 2.05) is 6.92 Å². The predicted molar refractivity (Wildman–Crippen MR) is 46.7 cm³/mol. The Hall–Kier alpha value is -0.510. The van der Waals surface area contributed by atoms with Crippen molar-refractivity contribution in [3.63, 3.8) is 0 Å². The Morgan fingerprint density at radius 2 is 2.00 bits per heavy atom. The first-order valence-corrected chi connectivity index (χ1v) is 4.29. The van der Waals surface area contributed by atoms with E-state index in [-0.39, 0.29) is 0 Å². The van der Waals surface area contributed by atoms with E-state index in [1.165, 1.54) is 0 Å². The SMILES string of the molecule is [CH]C(C)CCCC(C)CC#N. The molecule has 0 heterocycles. The van der Waals surface area contributed by atoms with Crippen molar-refractivity contribution in [1.82, 2.24) is 0 Å². The lowest BCUT2D eigenvalue weighted by Crippen LogP contribution is -1.95. The summed E-state index contributed by atoms with van der Waals surface area (Å²) in [5, 5.41) is 8.37. The molecular formula is C10H17N. The zero-order chi connectivity index (χ0) is 8.69. The van der Waals surface area contributed by atoms with Gasteiger partial charge in [0, 0.05) is 6.42 Å². The second-order valence-electron chi connectivity index (χ2n) is 3.38. The molecule has 0 N–H and O–H groups in total. The first-order valence-electron chi connectivity index (χ1n) is 4.29. The highest BCUT2D eigenvalue weighted by Gasteiger charge is 2.01. The summed E-state index contributed by atoms with van der Waals surface area (Å²) >= 11 is 0. The van der Waals surface area contributed by atoms with E-state index in [0.29, 0.717) is 18.3 Å². The molecule has 0 bridgehead atoms. The fourth-order valence-corrected chi connectivity index (χ4v) is 1.05. The third-order valence-electron chi connectivity index (χ3n) is 1.80. The molecule has 0 aromatic heterocycles. The van der Waals surface area contributed by atoms with Gasteiger partial charge in [0.1, 0.15) is 0 Å². The minimum atomic E-state index is 0.310. The Bertz CT molecular complexity index is 121. The largest absolute Gasteiger partial charge is 0.198 e. The van der Waals surface area contributed by atoms with Gasteiger partial charge in [-0.25, -0.2) is 0 Å². The van der Waals surface area contributed by atoms with Crippen LogP contribution in [0.3, 0.4) is 0 Å². The zero-order valence-corrected chi connectivity index (χ0v) is 7.51. The lowest BCUT2D eigenvalue weighted by Gasteiger charge is -2.07. The van der Waals surface area contributed by atoms with Crippen LogP contribution in [-0.2, 0) is 0 Å². The molecule has 0 amide bonds. The topological polar surface area (TPSA) is 23.8 Å². The van der Waals surface area contributed by atoms with Gasteiger partial charge >= 0.3 is 0 Å². The van der Waals surface area contributed by atoms with Crippen molar-refractivity contribution in [2.24, 2.45) is 11.8 Å². The minimum Gasteiger partial charge on any atom is -0.198 e. The van der Waals surface area contributed by atoms with Crippen LogP contribution in [0.1, 0.15) is 39.5 Å². The Labute approximate surface area is 70.4 Å². The molecule has 0 aliphatic heterocycles. The summed E-state index contributed by atoms with van der Waals surface area (Å²) in [6.45, 7) is 9.73. The number of nitriles is 1. The quantitative estimate of drug-likeness (QED) is 0.592. The molecule has 2 unspecified atom stereocenters. The Balaban J connectivity index is 3.18. The summed E-state index contributed by atoms with van der Waals surface area (Å²) in [6, 6.07) is 2.17. The second-order valence-corrected chi connectivity index (χ2v) is 3.38. The molecule has 0 aliphatic carbocycles. The highest BCUT2D eigenvalue weighted by atomic mass is 14.2. The Kier molecular flexibility index (Phi) is 5.93. The lowest BCUT2D eigenvalue weighted by atomic mass is 9.98. The van der Waals surface area contributed by atoms with Crippen LogP contribution in [0.25, 0.3) is 0 Å². The normalized spacial score (nSPS) is 13.0. The van der Waals surface area contributed by atoms with Crippen LogP contribution in [-0.4, -0.2) is 0 Å². The molecule has 1 nitrogen and oxygen atoms in total. The van der Waals surface area contributed by atoms with Gasteiger partial charge in [-0.15, -0.1) is 0 Å². The number of hydrogen-bond donors (Lipinski definition) is 0. The van der Waals surface area contributed by atoms with Gasteiger partial charge < -0.3 is 0 Å². The summed E-state index contributed by atoms with van der Waals surface area (Å²) in [5.74, 6) is 0.850. The van der Waals surface area contributed by atoms with Gasteiger partial charge in [0.2, 0.25) is 0 Å². The lowest BCUT2D eigenvalue weighted by molar-refractivity contribution is 0.478. The fraction of sp³-hybridized carbons (Fsp3) is 0.800. The molecule has 2 atom stereocenters. The first kappa shape index (κ1) is 10.5. The molecular weight excluding hydrogens is 134 g/mol. The summed E-state index contributed by atoms with van der Waals surface area (Å²) in [5.41, 5.74) is 0. The van der Waals surface area contributed by atoms with Gasteiger partial charge in [0.15, 0.2) is 0 Å². The van der Waals surface area contributed by atoms with Crippen molar-refractivity contribution in [3.8, 4) is 6.07 Å². The third-order valence-corrected chi connectivity index (χ3v) is 1.80. The predicted octanol–water partition coefficient (Wildman–Crippen LogP) is 3.05. The molecule has 0 spiro atoms. The maximum atomic E-state index is 8.37. The number of nitrogens with zero attached hydrogens (tertiary/aromatic N) is 1. The second kappa shape index (κ2) is 6.22. The summed E-state index contributed by atoms with van der Waals surface area (Å²) in [4.78, 5) is 0. The van der Waals surface area contributed by atoms with Crippen molar-refractivity contribution in [2.45, 2.75) is 39.5 Å². The van der Waals surface area contributed by atoms with Gasteiger partial charge in [0.25, 0.3) is 0 Å². The van der Waals surface area contributed by atoms with Crippen molar-refractivity contribution < 1.29 is 0 Å². The smallest absolute Gasteiger partial charge is 0.0624 e. The van der Waals surface area contributed by atoms with Crippen LogP contribution in [0.4, 0.5) is 0 Å². The van der Waals surface area contributed by atoms with E-state index in [9.17, 15) is 0 Å². The van der Waals surface area contributed by atoms with Crippen LogP contribution >= 0.6 is 0 Å². The molecule has 0 saturated heterocycles. The molecule has 1 heteroatoms. The van der Waals surface area contributed by atoms with Gasteiger partial charge in [-0.1, -0.05) is 26.7 Å². The van der Waals surface area contributed by atoms with Crippen LogP contribution in [0.5, 0.6) is 0 Å². The average molecular weight is 151 g/mol. The van der Waals surface area contributed by atoms with Crippen LogP contribution in [0.2, 0.25) is 0 Å². The van der Waals surface area contributed by atoms with Crippen molar-refractivity contribution >= 4 is 0 Å². The minimum absolute atomic E-state index is 0.310. The highest BCUT2D eigenvalue weighted by Crippen LogP contribution is 2.13. The molecule has 0 saturated carbocycles. The van der Waals surface area contributed by atoms with Crippen LogP contribution < -0.4 is 0 Å². The molecule has 0 fully saturated rings. The van der Waals surface area contributed by atoms with Gasteiger partial charge in [-0.3, -0.25) is 0 Å². The monoisotopic (exact) mass is 151 g/mol. The molecule has 0 aliphatic rings. The summed E-state index contributed by atoms with van der Waals surface area (Å²) in [7, 11) is 0. The molecule has 2 radical (unpaired) electrons. The van der Waals surface area contributed by atoms with Crippen LogP contribution in [0.15, 0.2) is 0 Å². The maximum Gasteiger partial charge on any atom is 0.0624 e. The van der Waals surface area contributed by atoms with E-state index in [0.717, 1.165) is 19.3 Å². The highest BCUT2D eigenvalue weighted by molar-refractivity contribution is 4.73. The van der Waals surface area contributed by atoms with Crippen molar-refractivity contribution in [1.29, 1.82) is 5.26 Å². The third kappa shape index (κ3) is 7.39. The number of rotatable bonds is 5. The maximum absolute atomic E-state index is 8.37. The molecule has 62 valence electrons. The van der Waals surface area contributed by atoms with Gasteiger partial charge in [-0.2, -0.15) is 5.26 Å². The molecule has 0 aromatic rings. The van der Waals surface area contributed by atoms with Crippen molar-refractivity contribution in [2.75, 3.05) is 0 Å². The van der Waals surface area contributed by atoms with E-state index in [4.69, 9.17) is 12.2 Å². The number of hydrogen-bond acceptors (Lipinski definition) is 1. The van der Waals surface area contributed by atoms with E-state index >= 15 is 0 Å². The zero-order valence-electron chi connectivity index (χ0n) is 7.51. The fourth-order valence-electron chi connectivity index (χ4n) is 1.05. The van der Waals surface area contributed by atoms with E-state index in [2.05, 4.69) is 13.0 Å². The molecule has 11 heavy (non-hydrogen) atoms. The molecule has 0 rings (SSSR count).